The molecule has 0 fully saturated rings. The number of carbonyl (C=O) groups excluding carboxylic acids is 2. The second-order valence-corrected chi connectivity index (χ2v) is 6.80. The van der Waals surface area contributed by atoms with Crippen LogP contribution >= 0.6 is 0 Å². The number of halogens is 3. The van der Waals surface area contributed by atoms with Gasteiger partial charge in [0.1, 0.15) is 17.3 Å². The van der Waals surface area contributed by atoms with Gasteiger partial charge < -0.3 is 9.84 Å². The van der Waals surface area contributed by atoms with Crippen molar-refractivity contribution in [2.75, 3.05) is 6.61 Å². The van der Waals surface area contributed by atoms with Crippen molar-refractivity contribution in [1.82, 2.24) is 4.98 Å². The maximum absolute atomic E-state index is 13.2. The van der Waals surface area contributed by atoms with Crippen molar-refractivity contribution < 1.29 is 32.6 Å². The summed E-state index contributed by atoms with van der Waals surface area (Å²) in [6.07, 6.45) is -5.12. The minimum Gasteiger partial charge on any atom is -0.504 e. The molecule has 0 spiro atoms. The van der Waals surface area contributed by atoms with E-state index in [1.165, 1.54) is 30.3 Å². The molecule has 2 aromatic carbocycles. The summed E-state index contributed by atoms with van der Waals surface area (Å²) >= 11 is 0. The van der Waals surface area contributed by atoms with E-state index in [4.69, 9.17) is 4.74 Å². The topological polar surface area (TPSA) is 100 Å². The highest BCUT2D eigenvalue weighted by Crippen LogP contribution is 2.37. The van der Waals surface area contributed by atoms with Crippen LogP contribution in [0.5, 0.6) is 5.75 Å². The Kier molecular flexibility index (Phi) is 6.44. The third-order valence-electron chi connectivity index (χ3n) is 4.73. The molecule has 0 aliphatic heterocycles. The SMILES string of the molecule is CCOC(=O)CCC(=O)c1nc2c(-c3cccc(C(F)(F)F)c3)cccc2c(C#N)c1O. The molecule has 3 aromatic rings. The molecule has 0 bridgehead atoms. The number of aromatic nitrogens is 1. The van der Waals surface area contributed by atoms with E-state index in [0.29, 0.717) is 0 Å². The normalized spacial score (nSPS) is 11.2. The summed E-state index contributed by atoms with van der Waals surface area (Å²) in [5.41, 5.74) is -1.01. The lowest BCUT2D eigenvalue weighted by atomic mass is 9.96. The van der Waals surface area contributed by atoms with E-state index in [1.807, 2.05) is 6.07 Å². The number of ketones is 1. The second kappa shape index (κ2) is 9.06. The maximum atomic E-state index is 13.2. The average Bonchev–Trinajstić information content (AvgIpc) is 2.76. The van der Waals surface area contributed by atoms with E-state index in [0.717, 1.165) is 12.1 Å². The third-order valence-corrected chi connectivity index (χ3v) is 4.73. The fourth-order valence-corrected chi connectivity index (χ4v) is 3.25. The van der Waals surface area contributed by atoms with Crippen LogP contribution in [-0.4, -0.2) is 28.4 Å². The summed E-state index contributed by atoms with van der Waals surface area (Å²) < 4.78 is 44.3. The van der Waals surface area contributed by atoms with Crippen LogP contribution in [0.2, 0.25) is 0 Å². The van der Waals surface area contributed by atoms with Gasteiger partial charge in [0.05, 0.1) is 24.1 Å². The predicted octanol–water partition coefficient (Wildman–Crippen LogP) is 5.02. The van der Waals surface area contributed by atoms with Crippen molar-refractivity contribution in [3.63, 3.8) is 0 Å². The number of ether oxygens (including phenoxy) is 1. The van der Waals surface area contributed by atoms with Gasteiger partial charge in [0.15, 0.2) is 11.5 Å². The van der Waals surface area contributed by atoms with Crippen LogP contribution in [0.4, 0.5) is 13.2 Å². The first-order valence-electron chi connectivity index (χ1n) is 9.59. The average molecular weight is 442 g/mol. The fourth-order valence-electron chi connectivity index (χ4n) is 3.25. The molecule has 1 heterocycles. The van der Waals surface area contributed by atoms with E-state index in [9.17, 15) is 33.1 Å². The molecular weight excluding hydrogens is 425 g/mol. The molecule has 9 heteroatoms. The molecule has 0 radical (unpaired) electrons. The number of hydrogen-bond acceptors (Lipinski definition) is 6. The minimum atomic E-state index is -4.56. The zero-order chi connectivity index (χ0) is 23.5. The van der Waals surface area contributed by atoms with Gasteiger partial charge in [-0.3, -0.25) is 9.59 Å². The number of pyridine rings is 1. The van der Waals surface area contributed by atoms with Gasteiger partial charge in [-0.25, -0.2) is 4.98 Å². The van der Waals surface area contributed by atoms with Crippen molar-refractivity contribution in [2.45, 2.75) is 25.9 Å². The van der Waals surface area contributed by atoms with Gasteiger partial charge in [-0.15, -0.1) is 0 Å². The van der Waals surface area contributed by atoms with Gasteiger partial charge in [-0.2, -0.15) is 18.4 Å². The van der Waals surface area contributed by atoms with Gasteiger partial charge in [0.2, 0.25) is 0 Å². The monoisotopic (exact) mass is 442 g/mol. The lowest BCUT2D eigenvalue weighted by Crippen LogP contribution is -2.10. The van der Waals surface area contributed by atoms with Crippen LogP contribution < -0.4 is 0 Å². The molecule has 0 saturated heterocycles. The summed E-state index contributed by atoms with van der Waals surface area (Å²) in [5.74, 6) is -1.95. The number of hydrogen-bond donors (Lipinski definition) is 1. The highest BCUT2D eigenvalue weighted by molar-refractivity contribution is 6.05. The number of Topliss-reactive ketones (excluding diaryl/α,β-unsaturated/α-hetero) is 1. The number of carbonyl (C=O) groups is 2. The summed E-state index contributed by atoms with van der Waals surface area (Å²) in [7, 11) is 0. The lowest BCUT2D eigenvalue weighted by molar-refractivity contribution is -0.143. The molecule has 0 unspecified atom stereocenters. The van der Waals surface area contributed by atoms with Crippen LogP contribution in [0.3, 0.4) is 0 Å². The number of aromatic hydroxyl groups is 1. The molecule has 1 aromatic heterocycles. The molecule has 0 aliphatic rings. The number of esters is 1. The predicted molar refractivity (Wildman–Crippen MR) is 109 cm³/mol. The number of nitrogens with zero attached hydrogens (tertiary/aromatic N) is 2. The standard InChI is InChI=1S/C23H17F3N2O4/c1-2-32-19(30)10-9-18(29)21-22(31)17(12-27)16-8-4-7-15(20(16)28-21)13-5-3-6-14(11-13)23(24,25)26/h3-8,11,31H,2,9-10H2,1H3. The smallest absolute Gasteiger partial charge is 0.416 e. The van der Waals surface area contributed by atoms with Gasteiger partial charge in [-0.05, 0) is 24.6 Å². The Labute approximate surface area is 180 Å². The zero-order valence-corrected chi connectivity index (χ0v) is 16.9. The van der Waals surface area contributed by atoms with E-state index in [2.05, 4.69) is 4.98 Å². The van der Waals surface area contributed by atoms with Crippen molar-refractivity contribution in [3.05, 3.63) is 59.3 Å². The van der Waals surface area contributed by atoms with E-state index in [-0.39, 0.29) is 47.0 Å². The lowest BCUT2D eigenvalue weighted by Gasteiger charge is -2.13. The molecule has 0 amide bonds. The third kappa shape index (κ3) is 4.54. The first-order valence-corrected chi connectivity index (χ1v) is 9.59. The number of nitriles is 1. The fraction of sp³-hybridized carbons (Fsp3) is 0.217. The van der Waals surface area contributed by atoms with Crippen LogP contribution in [0.15, 0.2) is 42.5 Å². The number of rotatable bonds is 6. The van der Waals surface area contributed by atoms with Crippen molar-refractivity contribution in [2.24, 2.45) is 0 Å². The quantitative estimate of drug-likeness (QED) is 0.425. The number of para-hydroxylation sites is 1. The van der Waals surface area contributed by atoms with E-state index >= 15 is 0 Å². The Bertz CT molecular complexity index is 1250. The molecular formula is C23H17F3N2O4. The molecule has 0 aliphatic carbocycles. The highest BCUT2D eigenvalue weighted by atomic mass is 19.4. The molecule has 32 heavy (non-hydrogen) atoms. The minimum absolute atomic E-state index is 0.0839. The molecule has 0 saturated carbocycles. The number of alkyl halides is 3. The molecule has 164 valence electrons. The van der Waals surface area contributed by atoms with Crippen LogP contribution in [-0.2, 0) is 15.7 Å². The molecule has 6 nitrogen and oxygen atoms in total. The van der Waals surface area contributed by atoms with Crippen LogP contribution in [0, 0.1) is 11.3 Å². The first kappa shape index (κ1) is 22.7. The number of fused-ring (bicyclic) bond motifs is 1. The van der Waals surface area contributed by atoms with Gasteiger partial charge in [0, 0.05) is 17.4 Å². The maximum Gasteiger partial charge on any atom is 0.416 e. The molecule has 3 rings (SSSR count). The Morgan fingerprint density at radius 2 is 1.88 bits per heavy atom. The largest absolute Gasteiger partial charge is 0.504 e. The first-order chi connectivity index (χ1) is 15.2. The summed E-state index contributed by atoms with van der Waals surface area (Å²) in [4.78, 5) is 28.4. The van der Waals surface area contributed by atoms with E-state index < -0.39 is 34.9 Å². The molecule has 1 N–H and O–H groups in total. The van der Waals surface area contributed by atoms with Gasteiger partial charge in [-0.1, -0.05) is 30.3 Å². The zero-order valence-electron chi connectivity index (χ0n) is 16.9. The Balaban J connectivity index is 2.16. The van der Waals surface area contributed by atoms with Crippen LogP contribution in [0.1, 0.15) is 41.4 Å². The van der Waals surface area contributed by atoms with Gasteiger partial charge in [0.25, 0.3) is 0 Å². The summed E-state index contributed by atoms with van der Waals surface area (Å²) in [6.45, 7) is 1.76. The number of benzene rings is 2. The van der Waals surface area contributed by atoms with Crippen molar-refractivity contribution in [3.8, 4) is 22.9 Å². The second-order valence-electron chi connectivity index (χ2n) is 6.80. The van der Waals surface area contributed by atoms with E-state index in [1.54, 1.807) is 6.92 Å². The van der Waals surface area contributed by atoms with Gasteiger partial charge >= 0.3 is 12.1 Å². The Morgan fingerprint density at radius 1 is 1.16 bits per heavy atom. The summed E-state index contributed by atoms with van der Waals surface area (Å²) in [6, 6.07) is 10.9. The Morgan fingerprint density at radius 3 is 2.53 bits per heavy atom. The highest BCUT2D eigenvalue weighted by Gasteiger charge is 2.30. The van der Waals surface area contributed by atoms with Crippen molar-refractivity contribution >= 4 is 22.7 Å². The summed E-state index contributed by atoms with van der Waals surface area (Å²) in [5, 5.41) is 20.2. The Hall–Kier alpha value is -3.93. The molecule has 0 atom stereocenters. The van der Waals surface area contributed by atoms with Crippen LogP contribution in [0.25, 0.3) is 22.0 Å². The van der Waals surface area contributed by atoms with Crippen molar-refractivity contribution in [1.29, 1.82) is 5.26 Å².